The van der Waals surface area contributed by atoms with Gasteiger partial charge in [0.15, 0.2) is 0 Å². The van der Waals surface area contributed by atoms with E-state index in [2.05, 4.69) is 25.2 Å². The minimum Gasteiger partial charge on any atom is -0.508 e. The Hall–Kier alpha value is -0.730. The van der Waals surface area contributed by atoms with Crippen LogP contribution in [0.4, 0.5) is 0 Å². The van der Waals surface area contributed by atoms with Gasteiger partial charge in [0.2, 0.25) is 0 Å². The van der Waals surface area contributed by atoms with Gasteiger partial charge in [0.1, 0.15) is 5.75 Å². The molecule has 2 aliphatic rings. The van der Waals surface area contributed by atoms with E-state index in [1.807, 2.05) is 12.1 Å². The van der Waals surface area contributed by atoms with Crippen molar-refractivity contribution in [1.82, 2.24) is 5.32 Å². The first-order valence-electron chi connectivity index (χ1n) is 6.17. The molecule has 3 unspecified atom stereocenters. The van der Waals surface area contributed by atoms with Gasteiger partial charge >= 0.3 is 0 Å². The van der Waals surface area contributed by atoms with Crippen LogP contribution in [-0.4, -0.2) is 17.7 Å². The fraction of sp³-hybridized carbons (Fsp3) is 0.571. The molecule has 0 saturated carbocycles. The van der Waals surface area contributed by atoms with E-state index in [9.17, 15) is 5.11 Å². The van der Waals surface area contributed by atoms with Crippen LogP contribution >= 0.6 is 12.4 Å². The fourth-order valence-corrected chi connectivity index (χ4v) is 3.51. The molecule has 1 heterocycles. The zero-order valence-electron chi connectivity index (χ0n) is 10.4. The molecule has 0 spiro atoms. The van der Waals surface area contributed by atoms with Crippen molar-refractivity contribution in [1.29, 1.82) is 0 Å². The number of benzene rings is 1. The molecule has 1 aliphatic carbocycles. The Labute approximate surface area is 109 Å². The van der Waals surface area contributed by atoms with Gasteiger partial charge in [-0.05, 0) is 54.0 Å². The smallest absolute Gasteiger partial charge is 0.115 e. The van der Waals surface area contributed by atoms with Crippen LogP contribution in [0.25, 0.3) is 0 Å². The van der Waals surface area contributed by atoms with Crippen LogP contribution in [0.2, 0.25) is 0 Å². The van der Waals surface area contributed by atoms with Gasteiger partial charge in [0.25, 0.3) is 0 Å². The molecular weight excluding hydrogens is 234 g/mol. The lowest BCUT2D eigenvalue weighted by Crippen LogP contribution is -2.56. The molecule has 2 nitrogen and oxygen atoms in total. The third-order valence-corrected chi connectivity index (χ3v) is 4.81. The zero-order valence-corrected chi connectivity index (χ0v) is 11.2. The molecule has 2 bridgehead atoms. The molecule has 3 rings (SSSR count). The van der Waals surface area contributed by atoms with Crippen LogP contribution in [0.15, 0.2) is 18.2 Å². The third kappa shape index (κ3) is 1.74. The summed E-state index contributed by atoms with van der Waals surface area (Å²) in [4.78, 5) is 0. The number of hydrogen-bond acceptors (Lipinski definition) is 2. The Morgan fingerprint density at radius 2 is 2.18 bits per heavy atom. The van der Waals surface area contributed by atoms with Gasteiger partial charge < -0.3 is 10.4 Å². The van der Waals surface area contributed by atoms with Crippen LogP contribution in [0.3, 0.4) is 0 Å². The minimum atomic E-state index is 0. The first-order valence-corrected chi connectivity index (χ1v) is 6.17. The molecule has 1 aliphatic heterocycles. The monoisotopic (exact) mass is 253 g/mol. The number of phenols is 1. The van der Waals surface area contributed by atoms with Crippen LogP contribution in [0, 0.1) is 5.92 Å². The molecule has 1 aromatic carbocycles. The average Bonchev–Trinajstić information content (AvgIpc) is 2.25. The lowest BCUT2D eigenvalue weighted by molar-refractivity contribution is 0.158. The van der Waals surface area contributed by atoms with Crippen molar-refractivity contribution in [2.24, 2.45) is 5.92 Å². The number of rotatable bonds is 0. The molecule has 0 aromatic heterocycles. The maximum Gasteiger partial charge on any atom is 0.115 e. The summed E-state index contributed by atoms with van der Waals surface area (Å²) in [7, 11) is 0. The summed E-state index contributed by atoms with van der Waals surface area (Å²) in [6.45, 7) is 5.79. The largest absolute Gasteiger partial charge is 0.508 e. The standard InChI is InChI=1S/C14H19NO.ClH/c1-9-13-7-10-3-4-11(16)8-12(10)14(9,2)5-6-15-13;/h3-4,8-9,13,15-16H,5-7H2,1-2H3;1H. The molecule has 0 radical (unpaired) electrons. The van der Waals surface area contributed by atoms with Gasteiger partial charge in [-0.3, -0.25) is 0 Å². The molecule has 0 amide bonds. The van der Waals surface area contributed by atoms with E-state index in [4.69, 9.17) is 0 Å². The number of hydrogen-bond donors (Lipinski definition) is 2. The second-order valence-corrected chi connectivity index (χ2v) is 5.56. The van der Waals surface area contributed by atoms with Crippen molar-refractivity contribution in [3.63, 3.8) is 0 Å². The van der Waals surface area contributed by atoms with Crippen LogP contribution in [0.1, 0.15) is 31.4 Å². The van der Waals surface area contributed by atoms with Gasteiger partial charge in [-0.25, -0.2) is 0 Å². The molecule has 3 atom stereocenters. The van der Waals surface area contributed by atoms with E-state index in [1.165, 1.54) is 17.5 Å². The minimum absolute atomic E-state index is 0. The lowest BCUT2D eigenvalue weighted by atomic mass is 9.59. The highest BCUT2D eigenvalue weighted by Gasteiger charge is 2.45. The van der Waals surface area contributed by atoms with E-state index < -0.39 is 0 Å². The van der Waals surface area contributed by atoms with E-state index in [1.54, 1.807) is 0 Å². The van der Waals surface area contributed by atoms with Crippen LogP contribution in [-0.2, 0) is 11.8 Å². The molecule has 17 heavy (non-hydrogen) atoms. The number of nitrogens with one attached hydrogen (secondary N) is 1. The molecule has 1 fully saturated rings. The Balaban J connectivity index is 0.00000108. The maximum atomic E-state index is 9.67. The number of phenolic OH excluding ortho intramolecular Hbond substituents is 1. The molecule has 2 N–H and O–H groups in total. The summed E-state index contributed by atoms with van der Waals surface area (Å²) in [6.07, 6.45) is 2.27. The van der Waals surface area contributed by atoms with Gasteiger partial charge in [-0.1, -0.05) is 19.9 Å². The number of halogens is 1. The van der Waals surface area contributed by atoms with Crippen LogP contribution < -0.4 is 5.32 Å². The Kier molecular flexibility index (Phi) is 3.13. The summed E-state index contributed by atoms with van der Waals surface area (Å²) in [5.41, 5.74) is 3.02. The van der Waals surface area contributed by atoms with E-state index in [0.717, 1.165) is 13.0 Å². The second-order valence-electron chi connectivity index (χ2n) is 5.56. The highest BCUT2D eigenvalue weighted by molar-refractivity contribution is 5.85. The summed E-state index contributed by atoms with van der Waals surface area (Å²) in [6, 6.07) is 6.49. The summed E-state index contributed by atoms with van der Waals surface area (Å²) in [5, 5.41) is 13.3. The van der Waals surface area contributed by atoms with Crippen molar-refractivity contribution in [2.75, 3.05) is 6.54 Å². The Bertz CT molecular complexity index is 434. The van der Waals surface area contributed by atoms with E-state index in [0.29, 0.717) is 17.7 Å². The number of piperidine rings is 1. The van der Waals surface area contributed by atoms with E-state index in [-0.39, 0.29) is 17.8 Å². The Morgan fingerprint density at radius 3 is 2.94 bits per heavy atom. The van der Waals surface area contributed by atoms with E-state index >= 15 is 0 Å². The van der Waals surface area contributed by atoms with Crippen LogP contribution in [0.5, 0.6) is 5.75 Å². The molecule has 94 valence electrons. The molecule has 1 aromatic rings. The zero-order chi connectivity index (χ0) is 11.3. The summed E-state index contributed by atoms with van der Waals surface area (Å²) in [5.74, 6) is 1.06. The van der Waals surface area contributed by atoms with Gasteiger partial charge in [0, 0.05) is 6.04 Å². The van der Waals surface area contributed by atoms with Crippen molar-refractivity contribution in [2.45, 2.75) is 38.1 Å². The normalized spacial score (nSPS) is 34.7. The second kappa shape index (κ2) is 4.18. The van der Waals surface area contributed by atoms with Crippen molar-refractivity contribution < 1.29 is 5.11 Å². The molecular formula is C14H20ClNO. The number of aromatic hydroxyl groups is 1. The predicted octanol–water partition coefficient (Wildman–Crippen LogP) is 2.63. The first-order chi connectivity index (χ1) is 7.61. The molecule has 1 saturated heterocycles. The van der Waals surface area contributed by atoms with Crippen molar-refractivity contribution in [3.05, 3.63) is 29.3 Å². The first kappa shape index (κ1) is 12.7. The quantitative estimate of drug-likeness (QED) is 0.745. The predicted molar refractivity (Wildman–Crippen MR) is 72.0 cm³/mol. The summed E-state index contributed by atoms with van der Waals surface area (Å²) >= 11 is 0. The van der Waals surface area contributed by atoms with Gasteiger partial charge in [-0.15, -0.1) is 12.4 Å². The fourth-order valence-electron chi connectivity index (χ4n) is 3.51. The topological polar surface area (TPSA) is 32.3 Å². The third-order valence-electron chi connectivity index (χ3n) is 4.81. The van der Waals surface area contributed by atoms with Crippen molar-refractivity contribution >= 4 is 12.4 Å². The van der Waals surface area contributed by atoms with Gasteiger partial charge in [0.05, 0.1) is 0 Å². The summed E-state index contributed by atoms with van der Waals surface area (Å²) < 4.78 is 0. The number of fused-ring (bicyclic) bond motifs is 4. The Morgan fingerprint density at radius 1 is 1.41 bits per heavy atom. The average molecular weight is 254 g/mol. The van der Waals surface area contributed by atoms with Gasteiger partial charge in [-0.2, -0.15) is 0 Å². The maximum absolute atomic E-state index is 9.67. The highest BCUT2D eigenvalue weighted by atomic mass is 35.5. The SMILES string of the molecule is CC1C2Cc3ccc(O)cc3C1(C)CCN2.Cl. The highest BCUT2D eigenvalue weighted by Crippen LogP contribution is 2.46. The molecule has 3 heteroatoms. The lowest BCUT2D eigenvalue weighted by Gasteiger charge is -2.50. The van der Waals surface area contributed by atoms with Crippen molar-refractivity contribution in [3.8, 4) is 5.75 Å².